The Morgan fingerprint density at radius 1 is 1.25 bits per heavy atom. The molecule has 108 valence electrons. The molecule has 1 fully saturated rings. The van der Waals surface area contributed by atoms with E-state index < -0.39 is 0 Å². The summed E-state index contributed by atoms with van der Waals surface area (Å²) in [4.78, 5) is 25.3. The molecule has 4 nitrogen and oxygen atoms in total. The van der Waals surface area contributed by atoms with Crippen molar-refractivity contribution >= 4 is 11.9 Å². The van der Waals surface area contributed by atoms with Gasteiger partial charge in [0.1, 0.15) is 12.4 Å². The molecule has 1 aromatic rings. The van der Waals surface area contributed by atoms with Gasteiger partial charge in [-0.1, -0.05) is 30.3 Å². The monoisotopic (exact) mass is 275 g/mol. The number of carbonyl (C=O) groups is 2. The van der Waals surface area contributed by atoms with Crippen molar-refractivity contribution in [2.45, 2.75) is 39.3 Å². The van der Waals surface area contributed by atoms with E-state index >= 15 is 0 Å². The van der Waals surface area contributed by atoms with Crippen LogP contribution in [0.3, 0.4) is 0 Å². The number of hydrogen-bond acceptors (Lipinski definition) is 3. The molecule has 1 amide bonds. The van der Waals surface area contributed by atoms with E-state index in [4.69, 9.17) is 4.74 Å². The van der Waals surface area contributed by atoms with Gasteiger partial charge in [-0.15, -0.1) is 0 Å². The van der Waals surface area contributed by atoms with Crippen LogP contribution < -0.4 is 0 Å². The smallest absolute Gasteiger partial charge is 0.410 e. The van der Waals surface area contributed by atoms with E-state index in [2.05, 4.69) is 0 Å². The molecular formula is C16H21NO3. The van der Waals surface area contributed by atoms with Crippen molar-refractivity contribution in [3.8, 4) is 0 Å². The van der Waals surface area contributed by atoms with Crippen LogP contribution in [-0.4, -0.2) is 29.4 Å². The summed E-state index contributed by atoms with van der Waals surface area (Å²) < 4.78 is 5.34. The summed E-state index contributed by atoms with van der Waals surface area (Å²) >= 11 is 0. The zero-order chi connectivity index (χ0) is 14.5. The predicted molar refractivity (Wildman–Crippen MR) is 76.2 cm³/mol. The maximum Gasteiger partial charge on any atom is 0.410 e. The Balaban J connectivity index is 1.91. The molecule has 2 unspecified atom stereocenters. The van der Waals surface area contributed by atoms with Crippen molar-refractivity contribution in [1.29, 1.82) is 0 Å². The van der Waals surface area contributed by atoms with Crippen molar-refractivity contribution in [1.82, 2.24) is 4.90 Å². The fraction of sp³-hybridized carbons (Fsp3) is 0.500. The first kappa shape index (κ1) is 14.6. The number of ether oxygens (including phenoxy) is 1. The summed E-state index contributed by atoms with van der Waals surface area (Å²) in [5.41, 5.74) is 0.966. The van der Waals surface area contributed by atoms with Crippen LogP contribution in [0, 0.1) is 5.92 Å². The van der Waals surface area contributed by atoms with E-state index in [0.717, 1.165) is 18.4 Å². The zero-order valence-electron chi connectivity index (χ0n) is 12.0. The van der Waals surface area contributed by atoms with E-state index in [0.29, 0.717) is 6.54 Å². The Kier molecular flexibility index (Phi) is 4.77. The number of rotatable bonds is 3. The number of carbonyl (C=O) groups excluding carboxylic acids is 2. The fourth-order valence-electron chi connectivity index (χ4n) is 2.50. The number of piperidine rings is 1. The average molecular weight is 275 g/mol. The summed E-state index contributed by atoms with van der Waals surface area (Å²) in [6, 6.07) is 9.73. The summed E-state index contributed by atoms with van der Waals surface area (Å²) in [5, 5.41) is 0. The molecule has 0 spiro atoms. The van der Waals surface area contributed by atoms with Gasteiger partial charge in [0.25, 0.3) is 0 Å². The number of ketones is 1. The van der Waals surface area contributed by atoms with Gasteiger partial charge in [0.2, 0.25) is 0 Å². The normalized spacial score (nSPS) is 22.4. The Morgan fingerprint density at radius 3 is 2.60 bits per heavy atom. The second kappa shape index (κ2) is 6.55. The van der Waals surface area contributed by atoms with E-state index in [1.54, 1.807) is 11.8 Å². The molecule has 1 saturated heterocycles. The van der Waals surface area contributed by atoms with Gasteiger partial charge >= 0.3 is 6.09 Å². The number of Topliss-reactive ketones (excluding diaryl/α,β-unsaturated/α-hetero) is 1. The lowest BCUT2D eigenvalue weighted by molar-refractivity contribution is -0.122. The minimum Gasteiger partial charge on any atom is -0.445 e. The molecule has 1 heterocycles. The number of benzene rings is 1. The Hall–Kier alpha value is -1.84. The SMILES string of the molecule is CC(=O)C1CCC(C)N(C(=O)OCc2ccccc2)C1. The van der Waals surface area contributed by atoms with Gasteiger partial charge in [0, 0.05) is 18.5 Å². The fourth-order valence-corrected chi connectivity index (χ4v) is 2.50. The molecule has 1 aromatic carbocycles. The molecule has 1 aliphatic heterocycles. The molecule has 2 rings (SSSR count). The lowest BCUT2D eigenvalue weighted by Gasteiger charge is -2.36. The van der Waals surface area contributed by atoms with Crippen molar-refractivity contribution < 1.29 is 14.3 Å². The summed E-state index contributed by atoms with van der Waals surface area (Å²) in [5.74, 6) is 0.105. The molecule has 0 saturated carbocycles. The molecule has 20 heavy (non-hydrogen) atoms. The number of amides is 1. The quantitative estimate of drug-likeness (QED) is 0.852. The Labute approximate surface area is 119 Å². The molecular weight excluding hydrogens is 254 g/mol. The van der Waals surface area contributed by atoms with E-state index in [9.17, 15) is 9.59 Å². The maximum absolute atomic E-state index is 12.1. The highest BCUT2D eigenvalue weighted by Crippen LogP contribution is 2.23. The number of likely N-dealkylation sites (tertiary alicyclic amines) is 1. The topological polar surface area (TPSA) is 46.6 Å². The Bertz CT molecular complexity index is 472. The van der Waals surface area contributed by atoms with Crippen LogP contribution in [0.1, 0.15) is 32.3 Å². The summed E-state index contributed by atoms with van der Waals surface area (Å²) in [7, 11) is 0. The minimum absolute atomic E-state index is 0.0459. The van der Waals surface area contributed by atoms with Crippen LogP contribution in [0.5, 0.6) is 0 Å². The van der Waals surface area contributed by atoms with Crippen molar-refractivity contribution in [3.63, 3.8) is 0 Å². The third-order valence-electron chi connectivity index (χ3n) is 3.90. The second-order valence-corrected chi connectivity index (χ2v) is 5.43. The van der Waals surface area contributed by atoms with Gasteiger partial charge in [0.05, 0.1) is 0 Å². The van der Waals surface area contributed by atoms with E-state index in [1.165, 1.54) is 0 Å². The molecule has 0 N–H and O–H groups in total. The van der Waals surface area contributed by atoms with Gasteiger partial charge in [0.15, 0.2) is 0 Å². The molecule has 0 bridgehead atoms. The standard InChI is InChI=1S/C16H21NO3/c1-12-8-9-15(13(2)18)10-17(12)16(19)20-11-14-6-4-3-5-7-14/h3-7,12,15H,8-11H2,1-2H3. The minimum atomic E-state index is -0.327. The molecule has 0 aromatic heterocycles. The lowest BCUT2D eigenvalue weighted by atomic mass is 9.91. The molecule has 4 heteroatoms. The van der Waals surface area contributed by atoms with Crippen LogP contribution >= 0.6 is 0 Å². The average Bonchev–Trinajstić information content (AvgIpc) is 2.46. The third kappa shape index (κ3) is 3.59. The van der Waals surface area contributed by atoms with Gasteiger partial charge < -0.3 is 9.64 Å². The van der Waals surface area contributed by atoms with Gasteiger partial charge in [-0.25, -0.2) is 4.79 Å². The van der Waals surface area contributed by atoms with Crippen LogP contribution in [0.15, 0.2) is 30.3 Å². The molecule has 0 radical (unpaired) electrons. The first-order chi connectivity index (χ1) is 9.58. The van der Waals surface area contributed by atoms with E-state index in [-0.39, 0.29) is 30.4 Å². The van der Waals surface area contributed by atoms with Crippen molar-refractivity contribution in [2.24, 2.45) is 5.92 Å². The van der Waals surface area contributed by atoms with Crippen LogP contribution in [0.25, 0.3) is 0 Å². The molecule has 1 aliphatic rings. The first-order valence-corrected chi connectivity index (χ1v) is 7.05. The van der Waals surface area contributed by atoms with Crippen LogP contribution in [0.4, 0.5) is 4.79 Å². The van der Waals surface area contributed by atoms with Crippen molar-refractivity contribution in [3.05, 3.63) is 35.9 Å². The highest BCUT2D eigenvalue weighted by atomic mass is 16.6. The molecule has 0 aliphatic carbocycles. The Morgan fingerprint density at radius 2 is 1.95 bits per heavy atom. The predicted octanol–water partition coefficient (Wildman–Crippen LogP) is 3.01. The zero-order valence-corrected chi connectivity index (χ0v) is 12.0. The number of nitrogens with zero attached hydrogens (tertiary/aromatic N) is 1. The summed E-state index contributed by atoms with van der Waals surface area (Å²) in [6.45, 7) is 4.34. The van der Waals surface area contributed by atoms with Crippen LogP contribution in [-0.2, 0) is 16.1 Å². The van der Waals surface area contributed by atoms with Crippen molar-refractivity contribution in [2.75, 3.05) is 6.54 Å². The first-order valence-electron chi connectivity index (χ1n) is 7.05. The third-order valence-corrected chi connectivity index (χ3v) is 3.90. The maximum atomic E-state index is 12.1. The lowest BCUT2D eigenvalue weighted by Crippen LogP contribution is -2.47. The van der Waals surface area contributed by atoms with Gasteiger partial charge in [-0.2, -0.15) is 0 Å². The second-order valence-electron chi connectivity index (χ2n) is 5.43. The van der Waals surface area contributed by atoms with E-state index in [1.807, 2.05) is 37.3 Å². The summed E-state index contributed by atoms with van der Waals surface area (Å²) in [6.07, 6.45) is 1.39. The molecule has 2 atom stereocenters. The number of hydrogen-bond donors (Lipinski definition) is 0. The van der Waals surface area contributed by atoms with Crippen LogP contribution in [0.2, 0.25) is 0 Å². The highest BCUT2D eigenvalue weighted by molar-refractivity contribution is 5.79. The largest absolute Gasteiger partial charge is 0.445 e. The van der Waals surface area contributed by atoms with Gasteiger partial charge in [-0.05, 0) is 32.3 Å². The highest BCUT2D eigenvalue weighted by Gasteiger charge is 2.31. The van der Waals surface area contributed by atoms with Gasteiger partial charge in [-0.3, -0.25) is 4.79 Å².